The Balaban J connectivity index is 1.28. The van der Waals surface area contributed by atoms with Gasteiger partial charge in [0.1, 0.15) is 0 Å². The Labute approximate surface area is 262 Å². The molecule has 6 heteroatoms. The van der Waals surface area contributed by atoms with E-state index in [-0.39, 0.29) is 35.6 Å². The van der Waals surface area contributed by atoms with Gasteiger partial charge in [-0.25, -0.2) is 0 Å². The molecular weight excluding hydrogens is 604 g/mol. The molecule has 0 N–H and O–H groups in total. The number of halogens is 1. The molecule has 4 nitrogen and oxygen atoms in total. The molecule has 0 bridgehead atoms. The van der Waals surface area contributed by atoms with Gasteiger partial charge in [0.25, 0.3) is 8.32 Å². The molecule has 5 rings (SSSR count). The molecule has 2 fully saturated rings. The van der Waals surface area contributed by atoms with Gasteiger partial charge in [-0.15, -0.1) is 0 Å². The molecule has 0 aliphatic carbocycles. The van der Waals surface area contributed by atoms with Crippen molar-refractivity contribution in [3.05, 3.63) is 96.6 Å². The Kier molecular flexibility index (Phi) is 10.8. The van der Waals surface area contributed by atoms with Gasteiger partial charge < -0.3 is 18.6 Å². The van der Waals surface area contributed by atoms with Crippen LogP contribution < -0.4 is 10.4 Å². The predicted octanol–water partition coefficient (Wildman–Crippen LogP) is 7.42. The minimum absolute atomic E-state index is 0.00644. The molecule has 3 aromatic carbocycles. The van der Waals surface area contributed by atoms with Crippen LogP contribution in [0.15, 0.2) is 91.0 Å². The fourth-order valence-corrected chi connectivity index (χ4v) is 11.6. The fourth-order valence-electron chi connectivity index (χ4n) is 6.51. The SMILES string of the molecule is CC[C@@H](Br)[C@@H]1C[C@@H](O[Si](c2ccccc2)(c2ccccc2)C(C)(C)C)[C@@H](C[C@H]2O[C@@H]2CCCOCc2ccccc2)O1. The van der Waals surface area contributed by atoms with E-state index in [9.17, 15) is 0 Å². The summed E-state index contributed by atoms with van der Waals surface area (Å²) in [5, 5.41) is 2.55. The first-order chi connectivity index (χ1) is 20.3. The van der Waals surface area contributed by atoms with Crippen LogP contribution in [0.5, 0.6) is 0 Å². The second-order valence-electron chi connectivity index (χ2n) is 12.8. The van der Waals surface area contributed by atoms with Crippen LogP contribution in [0.3, 0.4) is 0 Å². The number of ether oxygens (including phenoxy) is 3. The molecule has 0 unspecified atom stereocenters. The minimum atomic E-state index is -2.69. The molecular formula is C36H47BrO4Si. The molecule has 0 saturated carbocycles. The Morgan fingerprint density at radius 1 is 0.833 bits per heavy atom. The summed E-state index contributed by atoms with van der Waals surface area (Å²) in [6.07, 6.45) is 5.47. The second kappa shape index (κ2) is 14.3. The zero-order valence-electron chi connectivity index (χ0n) is 25.6. The van der Waals surface area contributed by atoms with Crippen LogP contribution in [-0.4, -0.2) is 50.3 Å². The highest BCUT2D eigenvalue weighted by atomic mass is 79.9. The highest BCUT2D eigenvalue weighted by molar-refractivity contribution is 9.09. The zero-order chi connectivity index (χ0) is 29.6. The third kappa shape index (κ3) is 7.46. The van der Waals surface area contributed by atoms with E-state index in [1.807, 2.05) is 6.07 Å². The lowest BCUT2D eigenvalue weighted by Gasteiger charge is -2.45. The first-order valence-corrected chi connectivity index (χ1v) is 18.5. The van der Waals surface area contributed by atoms with E-state index in [0.29, 0.717) is 11.4 Å². The number of alkyl halides is 1. The van der Waals surface area contributed by atoms with Crippen LogP contribution in [0.4, 0.5) is 0 Å². The van der Waals surface area contributed by atoms with E-state index in [4.69, 9.17) is 18.6 Å². The van der Waals surface area contributed by atoms with E-state index in [1.54, 1.807) is 0 Å². The summed E-state index contributed by atoms with van der Waals surface area (Å²) in [6, 6.07) is 32.2. The Hall–Kier alpha value is -1.80. The van der Waals surface area contributed by atoms with Gasteiger partial charge in [-0.1, -0.05) is 135 Å². The van der Waals surface area contributed by atoms with Crippen LogP contribution in [0.2, 0.25) is 5.04 Å². The zero-order valence-corrected chi connectivity index (χ0v) is 28.2. The summed E-state index contributed by atoms with van der Waals surface area (Å²) in [5.74, 6) is 0. The van der Waals surface area contributed by atoms with Crippen molar-refractivity contribution in [1.82, 2.24) is 0 Å². The van der Waals surface area contributed by atoms with Gasteiger partial charge >= 0.3 is 0 Å². The number of hydrogen-bond donors (Lipinski definition) is 0. The van der Waals surface area contributed by atoms with Gasteiger partial charge in [0.15, 0.2) is 0 Å². The van der Waals surface area contributed by atoms with Crippen molar-refractivity contribution in [2.45, 2.75) is 107 Å². The van der Waals surface area contributed by atoms with E-state index in [2.05, 4.69) is 129 Å². The summed E-state index contributed by atoms with van der Waals surface area (Å²) >= 11 is 3.91. The van der Waals surface area contributed by atoms with Crippen LogP contribution in [0.25, 0.3) is 0 Å². The monoisotopic (exact) mass is 650 g/mol. The molecule has 226 valence electrons. The van der Waals surface area contributed by atoms with E-state index >= 15 is 0 Å². The fraction of sp³-hybridized carbons (Fsp3) is 0.500. The van der Waals surface area contributed by atoms with Gasteiger partial charge in [-0.05, 0) is 40.2 Å². The first kappa shape index (κ1) is 31.6. The van der Waals surface area contributed by atoms with Crippen LogP contribution >= 0.6 is 15.9 Å². The standard InChI is InChI=1S/C36H47BrO4Si/c1-5-30(37)32-24-35(34(40-32)25-33-31(39-33)22-15-23-38-26-27-16-9-6-10-17-27)41-42(36(2,3)4,28-18-11-7-12-19-28)29-20-13-8-14-21-29/h6-14,16-21,30-35H,5,15,22-26H2,1-4H3/t30-,31-,32+,33-,34-,35-/m1/s1. The Bertz CT molecular complexity index is 1180. The molecule has 2 aliphatic rings. The summed E-state index contributed by atoms with van der Waals surface area (Å²) < 4.78 is 26.5. The molecule has 2 aliphatic heterocycles. The van der Waals surface area contributed by atoms with Crippen molar-refractivity contribution >= 4 is 34.6 Å². The third-order valence-corrected chi connectivity index (χ3v) is 15.1. The smallest absolute Gasteiger partial charge is 0.261 e. The number of benzene rings is 3. The number of epoxide rings is 1. The van der Waals surface area contributed by atoms with Gasteiger partial charge in [0.2, 0.25) is 0 Å². The van der Waals surface area contributed by atoms with E-state index in [1.165, 1.54) is 15.9 Å². The Morgan fingerprint density at radius 2 is 1.43 bits per heavy atom. The second-order valence-corrected chi connectivity index (χ2v) is 18.3. The first-order valence-electron chi connectivity index (χ1n) is 15.7. The normalized spacial score (nSPS) is 24.9. The number of hydrogen-bond acceptors (Lipinski definition) is 4. The highest BCUT2D eigenvalue weighted by Gasteiger charge is 2.55. The van der Waals surface area contributed by atoms with Crippen molar-refractivity contribution < 1.29 is 18.6 Å². The average molecular weight is 652 g/mol. The molecule has 2 saturated heterocycles. The van der Waals surface area contributed by atoms with Gasteiger partial charge in [-0.3, -0.25) is 0 Å². The summed E-state index contributed by atoms with van der Waals surface area (Å²) in [4.78, 5) is 0.311. The van der Waals surface area contributed by atoms with Gasteiger partial charge in [0.05, 0.1) is 37.1 Å². The Morgan fingerprint density at radius 3 is 2.00 bits per heavy atom. The van der Waals surface area contributed by atoms with Crippen molar-refractivity contribution in [3.8, 4) is 0 Å². The quantitative estimate of drug-likeness (QED) is 0.0788. The summed E-state index contributed by atoms with van der Waals surface area (Å²) in [5.41, 5.74) is 1.22. The number of rotatable bonds is 14. The molecule has 3 aromatic rings. The lowest BCUT2D eigenvalue weighted by molar-refractivity contribution is 0.00558. The lowest BCUT2D eigenvalue weighted by Crippen LogP contribution is -2.68. The van der Waals surface area contributed by atoms with E-state index < -0.39 is 8.32 Å². The molecule has 0 radical (unpaired) electrons. The van der Waals surface area contributed by atoms with Crippen LogP contribution in [0, 0.1) is 0 Å². The lowest BCUT2D eigenvalue weighted by atomic mass is 10.0. The molecule has 42 heavy (non-hydrogen) atoms. The van der Waals surface area contributed by atoms with Crippen molar-refractivity contribution in [2.75, 3.05) is 6.61 Å². The average Bonchev–Trinajstić information content (AvgIpc) is 3.63. The van der Waals surface area contributed by atoms with E-state index in [0.717, 1.165) is 38.7 Å². The van der Waals surface area contributed by atoms with Gasteiger partial charge in [-0.2, -0.15) is 0 Å². The van der Waals surface area contributed by atoms with Gasteiger partial charge in [0, 0.05) is 24.3 Å². The van der Waals surface area contributed by atoms with Crippen molar-refractivity contribution in [2.24, 2.45) is 0 Å². The van der Waals surface area contributed by atoms with Crippen LogP contribution in [0.1, 0.15) is 65.4 Å². The van der Waals surface area contributed by atoms with Crippen molar-refractivity contribution in [1.29, 1.82) is 0 Å². The molecule has 2 heterocycles. The molecule has 0 aromatic heterocycles. The maximum atomic E-state index is 7.61. The largest absolute Gasteiger partial charge is 0.402 e. The highest BCUT2D eigenvalue weighted by Crippen LogP contribution is 2.43. The summed E-state index contributed by atoms with van der Waals surface area (Å²) in [6.45, 7) is 10.7. The molecule has 6 atom stereocenters. The maximum Gasteiger partial charge on any atom is 0.261 e. The minimum Gasteiger partial charge on any atom is -0.402 e. The molecule has 0 amide bonds. The molecule has 0 spiro atoms. The van der Waals surface area contributed by atoms with Crippen molar-refractivity contribution in [3.63, 3.8) is 0 Å². The third-order valence-electron chi connectivity index (χ3n) is 8.81. The van der Waals surface area contributed by atoms with Crippen LogP contribution in [-0.2, 0) is 25.2 Å². The topological polar surface area (TPSA) is 40.2 Å². The maximum absolute atomic E-state index is 7.61. The predicted molar refractivity (Wildman–Crippen MR) is 177 cm³/mol. The summed E-state index contributed by atoms with van der Waals surface area (Å²) in [7, 11) is -2.69.